The molecule has 1 saturated carbocycles. The van der Waals surface area contributed by atoms with Crippen LogP contribution in [0.1, 0.15) is 95.0 Å². The maximum absolute atomic E-state index is 14.1. The third-order valence-electron chi connectivity index (χ3n) is 10.9. The van der Waals surface area contributed by atoms with Crippen molar-refractivity contribution in [3.63, 3.8) is 0 Å². The van der Waals surface area contributed by atoms with Crippen LogP contribution in [-0.2, 0) is 20.7 Å². The number of fused-ring (bicyclic) bond motifs is 1. The van der Waals surface area contributed by atoms with Gasteiger partial charge in [0.2, 0.25) is 5.88 Å². The van der Waals surface area contributed by atoms with Gasteiger partial charge in [0.15, 0.2) is 23.0 Å². The number of aromatic amines is 1. The maximum atomic E-state index is 14.1. The lowest BCUT2D eigenvalue weighted by Crippen LogP contribution is -2.42. The van der Waals surface area contributed by atoms with Crippen LogP contribution in [0.2, 0.25) is 0 Å². The van der Waals surface area contributed by atoms with Gasteiger partial charge in [0.25, 0.3) is 5.69 Å². The van der Waals surface area contributed by atoms with Gasteiger partial charge in [0.1, 0.15) is 17.4 Å². The Bertz CT molecular complexity index is 2140. The topological polar surface area (TPSA) is 159 Å². The van der Waals surface area contributed by atoms with Gasteiger partial charge in [-0.05, 0) is 79.8 Å². The van der Waals surface area contributed by atoms with E-state index in [1.807, 2.05) is 19.1 Å². The van der Waals surface area contributed by atoms with Gasteiger partial charge >= 0.3 is 23.3 Å². The summed E-state index contributed by atoms with van der Waals surface area (Å²) < 4.78 is 52.7. The van der Waals surface area contributed by atoms with Crippen molar-refractivity contribution in [1.29, 1.82) is 0 Å². The van der Waals surface area contributed by atoms with Gasteiger partial charge < -0.3 is 32.8 Å². The molecule has 0 radical (unpaired) electrons. The number of nitrogens with zero attached hydrogens (tertiary/aromatic N) is 4. The number of anilines is 1. The van der Waals surface area contributed by atoms with Crippen LogP contribution in [0.15, 0.2) is 36.4 Å². The van der Waals surface area contributed by atoms with Crippen molar-refractivity contribution in [1.82, 2.24) is 19.5 Å². The highest BCUT2D eigenvalue weighted by Crippen LogP contribution is 2.42. The molecule has 1 aliphatic heterocycles. The van der Waals surface area contributed by atoms with Crippen LogP contribution in [0, 0.1) is 31.2 Å². The number of aromatic nitrogens is 3. The first-order valence-electron chi connectivity index (χ1n) is 20.6. The summed E-state index contributed by atoms with van der Waals surface area (Å²) in [5, 5.41) is 3.12. The first-order chi connectivity index (χ1) is 28.5. The Morgan fingerprint density at radius 3 is 2.42 bits per heavy atom. The van der Waals surface area contributed by atoms with E-state index in [1.165, 1.54) is 35.8 Å². The molecule has 2 fully saturated rings. The molecule has 3 atom stereocenters. The minimum atomic E-state index is -2.09. The summed E-state index contributed by atoms with van der Waals surface area (Å²) in [7, 11) is 1.49. The summed E-state index contributed by atoms with van der Waals surface area (Å²) in [4.78, 5) is 37.4. The van der Waals surface area contributed by atoms with E-state index in [-0.39, 0.29) is 46.5 Å². The molecular weight excluding hydrogens is 777 g/mol. The zero-order valence-electron chi connectivity index (χ0n) is 34.8. The molecule has 0 spiro atoms. The summed E-state index contributed by atoms with van der Waals surface area (Å²) >= 11 is -2.09. The van der Waals surface area contributed by atoms with Crippen LogP contribution >= 0.6 is 0 Å². The Hall–Kier alpha value is -5.27. The average Bonchev–Trinajstić information content (AvgIpc) is 3.77. The molecular formula is C43H56N6O9S. The van der Waals surface area contributed by atoms with Crippen molar-refractivity contribution in [2.45, 2.75) is 92.1 Å². The average molecular weight is 833 g/mol. The van der Waals surface area contributed by atoms with Gasteiger partial charge in [-0.3, -0.25) is 9.82 Å². The van der Waals surface area contributed by atoms with Gasteiger partial charge in [-0.1, -0.05) is 65.9 Å². The molecule has 1 saturated heterocycles. The number of aryl methyl sites for hydroxylation is 1. The molecule has 2 N–H and O–H groups in total. The number of rotatable bonds is 17. The molecule has 1 aliphatic carbocycles. The predicted molar refractivity (Wildman–Crippen MR) is 225 cm³/mol. The van der Waals surface area contributed by atoms with E-state index in [0.29, 0.717) is 67.3 Å². The van der Waals surface area contributed by atoms with E-state index in [1.54, 1.807) is 24.3 Å². The van der Waals surface area contributed by atoms with Gasteiger partial charge in [-0.2, -0.15) is 4.21 Å². The van der Waals surface area contributed by atoms with Gasteiger partial charge in [0, 0.05) is 18.7 Å². The van der Waals surface area contributed by atoms with E-state index >= 15 is 0 Å². The highest BCUT2D eigenvalue weighted by Gasteiger charge is 2.38. The molecule has 3 unspecified atom stereocenters. The number of unbranched alkanes of at least 4 members (excludes halogenated alkanes) is 5. The Morgan fingerprint density at radius 1 is 1.00 bits per heavy atom. The smallest absolute Gasteiger partial charge is 0.415 e. The van der Waals surface area contributed by atoms with Crippen molar-refractivity contribution >= 4 is 40.4 Å². The number of methoxy groups -OCH3 is 1. The molecule has 6 rings (SSSR count). The van der Waals surface area contributed by atoms with Crippen LogP contribution in [0.4, 0.5) is 16.2 Å². The predicted octanol–water partition coefficient (Wildman–Crippen LogP) is 9.06. The van der Waals surface area contributed by atoms with Crippen molar-refractivity contribution in [2.75, 3.05) is 44.7 Å². The first-order valence-corrected chi connectivity index (χ1v) is 21.6. The third kappa shape index (κ3) is 10.5. The van der Waals surface area contributed by atoms with Gasteiger partial charge in [-0.25, -0.2) is 23.9 Å². The van der Waals surface area contributed by atoms with Gasteiger partial charge in [-0.15, -0.1) is 0 Å². The van der Waals surface area contributed by atoms with E-state index < -0.39 is 23.3 Å². The highest BCUT2D eigenvalue weighted by atomic mass is 32.2. The number of hydrogen-bond acceptors (Lipinski definition) is 10. The summed E-state index contributed by atoms with van der Waals surface area (Å²) in [6.07, 6.45) is 7.52. The number of morpholine rings is 1. The fraction of sp³-hybridized carbons (Fsp3) is 0.535. The van der Waals surface area contributed by atoms with Crippen LogP contribution in [0.3, 0.4) is 0 Å². The number of carbonyl (C=O) groups excluding carboxylic acids is 2. The second kappa shape index (κ2) is 20.1. The maximum Gasteiger partial charge on any atom is 0.415 e. The van der Waals surface area contributed by atoms with E-state index in [4.69, 9.17) is 39.4 Å². The van der Waals surface area contributed by atoms with Crippen molar-refractivity contribution in [3.8, 4) is 34.5 Å². The fourth-order valence-electron chi connectivity index (χ4n) is 7.98. The number of benzene rings is 2. The molecule has 16 heteroatoms. The SMILES string of the molecule is [C-]#[N+]c1c(C(=O)OC2C(C)CC(C)CC2C)c2nc(-c3ccc(OC)c(NS(=O)Oc4cc(C)ccc4OCCCCCCCC)c3)[nH]n2c1OC(=O)N1CCOCC1. The van der Waals surface area contributed by atoms with Crippen LogP contribution in [-0.4, -0.2) is 81.9 Å². The zero-order chi connectivity index (χ0) is 42.1. The number of esters is 1. The van der Waals surface area contributed by atoms with Crippen molar-refractivity contribution < 1.29 is 41.7 Å². The minimum absolute atomic E-state index is 0.0513. The Kier molecular flexibility index (Phi) is 14.8. The van der Waals surface area contributed by atoms with Crippen molar-refractivity contribution in [3.05, 3.63) is 58.9 Å². The summed E-state index contributed by atoms with van der Waals surface area (Å²) in [5.74, 6) is 1.24. The zero-order valence-corrected chi connectivity index (χ0v) is 35.7. The van der Waals surface area contributed by atoms with E-state index in [0.717, 1.165) is 37.7 Å². The number of H-pyrrole nitrogens is 1. The van der Waals surface area contributed by atoms with Crippen LogP contribution in [0.5, 0.6) is 23.1 Å². The minimum Gasteiger partial charge on any atom is -0.495 e. The molecule has 1 amide bonds. The Labute approximate surface area is 348 Å². The first kappa shape index (κ1) is 43.3. The van der Waals surface area contributed by atoms with E-state index in [2.05, 4.69) is 42.4 Å². The lowest BCUT2D eigenvalue weighted by molar-refractivity contribution is -0.0249. The number of carbonyl (C=O) groups is 2. The highest BCUT2D eigenvalue weighted by molar-refractivity contribution is 7.82. The Morgan fingerprint density at radius 2 is 1.71 bits per heavy atom. The fourth-order valence-corrected chi connectivity index (χ4v) is 8.66. The molecule has 3 heterocycles. The normalized spacial score (nSPS) is 19.8. The molecule has 2 aliphatic rings. The lowest BCUT2D eigenvalue weighted by Gasteiger charge is -2.37. The van der Waals surface area contributed by atoms with Gasteiger partial charge in [0.05, 0.1) is 39.2 Å². The van der Waals surface area contributed by atoms with Crippen LogP contribution < -0.4 is 23.1 Å². The van der Waals surface area contributed by atoms with E-state index in [9.17, 15) is 13.8 Å². The summed E-state index contributed by atoms with van der Waals surface area (Å²) in [6, 6.07) is 10.5. The van der Waals surface area contributed by atoms with Crippen molar-refractivity contribution in [2.24, 2.45) is 17.8 Å². The summed E-state index contributed by atoms with van der Waals surface area (Å²) in [6.45, 7) is 20.4. The number of hydrogen-bond donors (Lipinski definition) is 2. The molecule has 2 aromatic heterocycles. The standard InChI is InChI=1S/C43H56N6O9S/c1-8-9-10-11-12-13-20-55-34-16-14-27(2)25-35(34)58-59(52)47-32-26-31(15-17-33(32)53-7)39-45-40-36(42(50)56-38-29(4)23-28(3)24-30(38)5)37(44-6)41(49(40)46-39)57-43(51)48-18-21-54-22-19-48/h14-17,25-26,28-30,38,47H,8-13,18-24H2,1-5,7H3,(H,45,46). The second-order valence-corrected chi connectivity index (χ2v) is 16.5. The number of ether oxygens (including phenoxy) is 5. The largest absolute Gasteiger partial charge is 0.495 e. The molecule has 318 valence electrons. The second-order valence-electron chi connectivity index (χ2n) is 15.6. The third-order valence-corrected chi connectivity index (χ3v) is 11.6. The monoisotopic (exact) mass is 832 g/mol. The number of nitrogens with one attached hydrogen (secondary N) is 2. The molecule has 4 aromatic rings. The Balaban J connectivity index is 1.28. The molecule has 15 nitrogen and oxygen atoms in total. The lowest BCUT2D eigenvalue weighted by atomic mass is 9.75. The molecule has 2 aromatic carbocycles. The molecule has 59 heavy (non-hydrogen) atoms. The summed E-state index contributed by atoms with van der Waals surface area (Å²) in [5.41, 5.74) is 1.47. The number of amides is 1. The molecule has 0 bridgehead atoms. The quantitative estimate of drug-likeness (QED) is 0.0597. The van der Waals surface area contributed by atoms with Crippen LogP contribution in [0.25, 0.3) is 21.9 Å².